The molecular weight excluding hydrogens is 150 g/mol. The third kappa shape index (κ3) is 0.719. The maximum absolute atomic E-state index is 4.57. The first-order valence-corrected chi connectivity index (χ1v) is 4.57. The number of fused-ring (bicyclic) bond motifs is 2. The van der Waals surface area contributed by atoms with E-state index < -0.39 is 0 Å². The molecule has 0 radical (unpaired) electrons. The topological polar surface area (TPSA) is 40.7 Å². The van der Waals surface area contributed by atoms with E-state index in [-0.39, 0.29) is 0 Å². The van der Waals surface area contributed by atoms with Gasteiger partial charge in [0.2, 0.25) is 0 Å². The van der Waals surface area contributed by atoms with Crippen molar-refractivity contribution in [3.63, 3.8) is 0 Å². The van der Waals surface area contributed by atoms with Gasteiger partial charge >= 0.3 is 0 Å². The molecule has 3 nitrogen and oxygen atoms in total. The highest BCUT2D eigenvalue weighted by Gasteiger charge is 2.49. The smallest absolute Gasteiger partial charge is 0.103 e. The van der Waals surface area contributed by atoms with Gasteiger partial charge in [-0.05, 0) is 19.8 Å². The highest BCUT2D eigenvalue weighted by Crippen LogP contribution is 2.49. The molecule has 0 aromatic carbocycles. The second kappa shape index (κ2) is 1.91. The molecule has 3 rings (SSSR count). The van der Waals surface area contributed by atoms with Crippen LogP contribution in [-0.4, -0.2) is 16.5 Å². The molecule has 0 saturated heterocycles. The average molecular weight is 163 g/mol. The molecule has 0 amide bonds. The molecular formula is C9H13N3. The van der Waals surface area contributed by atoms with E-state index in [0.717, 1.165) is 18.9 Å². The molecule has 1 aromatic rings. The number of aromatic amines is 1. The first-order valence-electron chi connectivity index (χ1n) is 4.57. The molecule has 2 N–H and O–H groups in total. The Balaban J connectivity index is 2.15. The Bertz CT molecular complexity index is 323. The molecule has 0 bridgehead atoms. The van der Waals surface area contributed by atoms with Gasteiger partial charge in [-0.25, -0.2) is 4.98 Å². The Morgan fingerprint density at radius 1 is 1.42 bits per heavy atom. The van der Waals surface area contributed by atoms with Crippen molar-refractivity contribution in [2.45, 2.75) is 31.7 Å². The summed E-state index contributed by atoms with van der Waals surface area (Å²) >= 11 is 0. The van der Waals surface area contributed by atoms with Crippen molar-refractivity contribution in [3.05, 3.63) is 17.2 Å². The first-order chi connectivity index (χ1) is 5.80. The number of aryl methyl sites for hydroxylation is 1. The van der Waals surface area contributed by atoms with E-state index in [1.54, 1.807) is 0 Å². The minimum Gasteiger partial charge on any atom is -0.345 e. The predicted molar refractivity (Wildman–Crippen MR) is 45.9 cm³/mol. The number of nitrogens with one attached hydrogen (secondary N) is 2. The van der Waals surface area contributed by atoms with Crippen molar-refractivity contribution < 1.29 is 0 Å². The lowest BCUT2D eigenvalue weighted by molar-refractivity contribution is 0.516. The van der Waals surface area contributed by atoms with Gasteiger partial charge in [-0.1, -0.05) is 0 Å². The van der Waals surface area contributed by atoms with Crippen LogP contribution in [-0.2, 0) is 12.0 Å². The molecule has 1 aromatic heterocycles. The van der Waals surface area contributed by atoms with E-state index in [4.69, 9.17) is 0 Å². The summed E-state index contributed by atoms with van der Waals surface area (Å²) in [6.07, 6.45) is 2.63. The van der Waals surface area contributed by atoms with Crippen molar-refractivity contribution >= 4 is 0 Å². The van der Waals surface area contributed by atoms with Gasteiger partial charge in [0.15, 0.2) is 0 Å². The highest BCUT2D eigenvalue weighted by atomic mass is 15.0. The maximum atomic E-state index is 4.57. The van der Waals surface area contributed by atoms with Crippen molar-refractivity contribution in [2.24, 2.45) is 0 Å². The lowest BCUT2D eigenvalue weighted by Gasteiger charge is -2.20. The van der Waals surface area contributed by atoms with Gasteiger partial charge in [0.25, 0.3) is 0 Å². The summed E-state index contributed by atoms with van der Waals surface area (Å²) in [6.45, 7) is 4.14. The zero-order chi connectivity index (χ0) is 8.18. The number of hydrogen-bond donors (Lipinski definition) is 2. The fourth-order valence-electron chi connectivity index (χ4n) is 2.18. The van der Waals surface area contributed by atoms with E-state index >= 15 is 0 Å². The average Bonchev–Trinajstić information content (AvgIpc) is 2.68. The number of nitrogens with zero attached hydrogens (tertiary/aromatic N) is 1. The largest absolute Gasteiger partial charge is 0.345 e. The second-order valence-electron chi connectivity index (χ2n) is 4.03. The third-order valence-electron chi connectivity index (χ3n) is 3.02. The van der Waals surface area contributed by atoms with Crippen molar-refractivity contribution in [1.29, 1.82) is 0 Å². The quantitative estimate of drug-likeness (QED) is 0.595. The third-order valence-corrected chi connectivity index (χ3v) is 3.02. The van der Waals surface area contributed by atoms with Crippen LogP contribution in [0.3, 0.4) is 0 Å². The SMILES string of the molecule is Cc1nc2c([nH]1)CNCC21CC1. The normalized spacial score (nSPS) is 24.1. The van der Waals surface area contributed by atoms with Gasteiger partial charge in [-0.3, -0.25) is 0 Å². The Kier molecular flexibility index (Phi) is 1.06. The van der Waals surface area contributed by atoms with Crippen LogP contribution in [0.4, 0.5) is 0 Å². The second-order valence-corrected chi connectivity index (χ2v) is 4.03. The first kappa shape index (κ1) is 6.66. The van der Waals surface area contributed by atoms with Gasteiger partial charge in [-0.2, -0.15) is 0 Å². The van der Waals surface area contributed by atoms with Crippen molar-refractivity contribution in [2.75, 3.05) is 6.54 Å². The number of aromatic nitrogens is 2. The molecule has 1 saturated carbocycles. The van der Waals surface area contributed by atoms with Crippen LogP contribution in [0.2, 0.25) is 0 Å². The van der Waals surface area contributed by atoms with Gasteiger partial charge in [0.1, 0.15) is 5.82 Å². The van der Waals surface area contributed by atoms with Crippen molar-refractivity contribution in [1.82, 2.24) is 15.3 Å². The molecule has 3 heteroatoms. The van der Waals surface area contributed by atoms with Gasteiger partial charge in [0.05, 0.1) is 11.4 Å². The Labute approximate surface area is 71.6 Å². The number of H-pyrrole nitrogens is 1. The van der Waals surface area contributed by atoms with Crippen LogP contribution in [0.5, 0.6) is 0 Å². The standard InChI is InChI=1S/C9H13N3/c1-6-11-7-4-10-5-9(2-3-9)8(7)12-6/h10H,2-5H2,1H3,(H,11,12). The summed E-state index contributed by atoms with van der Waals surface area (Å²) < 4.78 is 0. The van der Waals surface area contributed by atoms with Gasteiger partial charge < -0.3 is 10.3 Å². The zero-order valence-corrected chi connectivity index (χ0v) is 7.28. The van der Waals surface area contributed by atoms with Crippen LogP contribution in [0, 0.1) is 6.92 Å². The fraction of sp³-hybridized carbons (Fsp3) is 0.667. The van der Waals surface area contributed by atoms with E-state index in [1.165, 1.54) is 24.2 Å². The van der Waals surface area contributed by atoms with Crippen LogP contribution in [0.25, 0.3) is 0 Å². The monoisotopic (exact) mass is 163 g/mol. The van der Waals surface area contributed by atoms with Crippen LogP contribution in [0.15, 0.2) is 0 Å². The lowest BCUT2D eigenvalue weighted by Crippen LogP contribution is -2.33. The molecule has 0 atom stereocenters. The molecule has 12 heavy (non-hydrogen) atoms. The van der Waals surface area contributed by atoms with Gasteiger partial charge in [-0.15, -0.1) is 0 Å². The molecule has 2 heterocycles. The Morgan fingerprint density at radius 2 is 2.25 bits per heavy atom. The van der Waals surface area contributed by atoms with Crippen LogP contribution >= 0.6 is 0 Å². The molecule has 64 valence electrons. The minimum absolute atomic E-state index is 0.429. The van der Waals surface area contributed by atoms with E-state index in [1.807, 2.05) is 6.92 Å². The number of hydrogen-bond acceptors (Lipinski definition) is 2. The number of imidazole rings is 1. The van der Waals surface area contributed by atoms with E-state index in [0.29, 0.717) is 5.41 Å². The Morgan fingerprint density at radius 3 is 3.00 bits per heavy atom. The molecule has 1 aliphatic carbocycles. The van der Waals surface area contributed by atoms with E-state index in [2.05, 4.69) is 15.3 Å². The summed E-state index contributed by atoms with van der Waals surface area (Å²) in [6, 6.07) is 0. The van der Waals surface area contributed by atoms with Crippen LogP contribution in [0.1, 0.15) is 30.1 Å². The van der Waals surface area contributed by atoms with Crippen molar-refractivity contribution in [3.8, 4) is 0 Å². The lowest BCUT2D eigenvalue weighted by atomic mass is 9.97. The predicted octanol–water partition coefficient (Wildman–Crippen LogP) is 0.853. The fourth-order valence-corrected chi connectivity index (χ4v) is 2.18. The Hall–Kier alpha value is -0.830. The highest BCUT2D eigenvalue weighted by molar-refractivity contribution is 5.33. The summed E-state index contributed by atoms with van der Waals surface area (Å²) in [7, 11) is 0. The summed E-state index contributed by atoms with van der Waals surface area (Å²) in [4.78, 5) is 7.89. The van der Waals surface area contributed by atoms with Gasteiger partial charge in [0, 0.05) is 18.5 Å². The maximum Gasteiger partial charge on any atom is 0.103 e. The summed E-state index contributed by atoms with van der Waals surface area (Å²) in [5.74, 6) is 1.06. The number of rotatable bonds is 0. The summed E-state index contributed by atoms with van der Waals surface area (Å²) in [5, 5.41) is 3.44. The van der Waals surface area contributed by atoms with Crippen LogP contribution < -0.4 is 5.32 Å². The molecule has 0 unspecified atom stereocenters. The molecule has 1 spiro atoms. The van der Waals surface area contributed by atoms with E-state index in [9.17, 15) is 0 Å². The zero-order valence-electron chi connectivity index (χ0n) is 7.28. The minimum atomic E-state index is 0.429. The molecule has 2 aliphatic rings. The molecule has 1 aliphatic heterocycles. The molecule has 1 fully saturated rings. The summed E-state index contributed by atoms with van der Waals surface area (Å²) in [5.41, 5.74) is 3.09.